The van der Waals surface area contributed by atoms with Crippen LogP contribution in [0, 0.1) is 0 Å². The normalized spacial score (nSPS) is 18.5. The number of nitrogens with zero attached hydrogens (tertiary/aromatic N) is 4. The maximum Gasteiger partial charge on any atom is 0.242 e. The summed E-state index contributed by atoms with van der Waals surface area (Å²) in [4.78, 5) is 12.6. The van der Waals surface area contributed by atoms with Crippen LogP contribution < -0.4 is 10.0 Å². The number of rotatable bonds is 7. The van der Waals surface area contributed by atoms with Crippen LogP contribution in [0.3, 0.4) is 0 Å². The van der Waals surface area contributed by atoms with Crippen molar-refractivity contribution in [3.8, 4) is 11.4 Å². The first-order valence-electron chi connectivity index (χ1n) is 10.7. The van der Waals surface area contributed by atoms with Gasteiger partial charge in [-0.1, -0.05) is 44.2 Å². The summed E-state index contributed by atoms with van der Waals surface area (Å²) in [7, 11) is -3.74. The zero-order chi connectivity index (χ0) is 21.0. The fraction of sp³-hybridized carbons (Fsp3) is 0.600. The molecule has 0 saturated heterocycles. The van der Waals surface area contributed by atoms with Gasteiger partial charge in [-0.05, 0) is 48.2 Å². The van der Waals surface area contributed by atoms with E-state index in [-0.39, 0.29) is 35.3 Å². The van der Waals surface area contributed by atoms with Gasteiger partial charge in [0.25, 0.3) is 0 Å². The van der Waals surface area contributed by atoms with Crippen molar-refractivity contribution in [1.82, 2.24) is 30.2 Å². The van der Waals surface area contributed by atoms with Gasteiger partial charge < -0.3 is 5.32 Å². The SMILES string of the molecule is O=C(Cn1nnnc1-c1ccccc1S(=O)(=O)NC1CCCCC1)NC1CCCC1. The molecule has 162 valence electrons. The zero-order valence-electron chi connectivity index (χ0n) is 17.0. The summed E-state index contributed by atoms with van der Waals surface area (Å²) in [5.74, 6) is 0.0947. The highest BCUT2D eigenvalue weighted by atomic mass is 32.2. The highest BCUT2D eigenvalue weighted by Gasteiger charge is 2.27. The van der Waals surface area contributed by atoms with Crippen LogP contribution in [0.2, 0.25) is 0 Å². The molecular formula is C20H28N6O3S. The number of tetrazole rings is 1. The number of benzene rings is 1. The molecule has 0 atom stereocenters. The van der Waals surface area contributed by atoms with E-state index < -0.39 is 10.0 Å². The summed E-state index contributed by atoms with van der Waals surface area (Å²) in [6, 6.07) is 6.80. The van der Waals surface area contributed by atoms with E-state index >= 15 is 0 Å². The highest BCUT2D eigenvalue weighted by molar-refractivity contribution is 7.89. The fourth-order valence-corrected chi connectivity index (χ4v) is 5.88. The van der Waals surface area contributed by atoms with Gasteiger partial charge in [0, 0.05) is 17.6 Å². The van der Waals surface area contributed by atoms with Gasteiger partial charge >= 0.3 is 0 Å². The fourth-order valence-electron chi connectivity index (χ4n) is 4.37. The van der Waals surface area contributed by atoms with Crippen LogP contribution in [0.25, 0.3) is 11.4 Å². The number of hydrogen-bond acceptors (Lipinski definition) is 6. The quantitative estimate of drug-likeness (QED) is 0.691. The molecule has 2 aliphatic rings. The second-order valence-corrected chi connectivity index (χ2v) is 9.84. The molecule has 1 heterocycles. The highest BCUT2D eigenvalue weighted by Crippen LogP contribution is 2.27. The molecule has 2 aromatic rings. The standard InChI is InChI=1S/C20H28N6O3S/c27-19(21-15-8-4-5-9-15)14-26-20(22-24-25-26)17-12-6-7-13-18(17)30(28,29)23-16-10-2-1-3-11-16/h6-7,12-13,15-16,23H,1-5,8-11,14H2,(H,21,27). The lowest BCUT2D eigenvalue weighted by Crippen LogP contribution is -2.36. The minimum absolute atomic E-state index is 0.0509. The lowest BCUT2D eigenvalue weighted by molar-refractivity contribution is -0.122. The predicted octanol–water partition coefficient (Wildman–Crippen LogP) is 2.01. The summed E-state index contributed by atoms with van der Waals surface area (Å²) >= 11 is 0. The van der Waals surface area contributed by atoms with Crippen LogP contribution in [-0.2, 0) is 21.4 Å². The maximum atomic E-state index is 13.1. The van der Waals surface area contributed by atoms with E-state index in [0.717, 1.165) is 57.8 Å². The molecule has 4 rings (SSSR count). The summed E-state index contributed by atoms with van der Waals surface area (Å²) in [6.45, 7) is -0.0523. The molecular weight excluding hydrogens is 404 g/mol. The van der Waals surface area contributed by atoms with Crippen molar-refractivity contribution in [3.05, 3.63) is 24.3 Å². The lowest BCUT2D eigenvalue weighted by Gasteiger charge is -2.23. The lowest BCUT2D eigenvalue weighted by atomic mass is 9.96. The van der Waals surface area contributed by atoms with Crippen molar-refractivity contribution in [2.45, 2.75) is 81.3 Å². The molecule has 30 heavy (non-hydrogen) atoms. The minimum Gasteiger partial charge on any atom is -0.352 e. The second kappa shape index (κ2) is 9.22. The van der Waals surface area contributed by atoms with Crippen molar-refractivity contribution < 1.29 is 13.2 Å². The van der Waals surface area contributed by atoms with Crippen molar-refractivity contribution in [2.24, 2.45) is 0 Å². The molecule has 0 aliphatic heterocycles. The van der Waals surface area contributed by atoms with Gasteiger partial charge in [0.05, 0.1) is 4.90 Å². The monoisotopic (exact) mass is 432 g/mol. The van der Waals surface area contributed by atoms with Gasteiger partial charge in [-0.15, -0.1) is 5.10 Å². The molecule has 1 aromatic carbocycles. The number of sulfonamides is 1. The summed E-state index contributed by atoms with van der Waals surface area (Å²) in [5, 5.41) is 14.6. The van der Waals surface area contributed by atoms with E-state index in [0.29, 0.717) is 5.56 Å². The van der Waals surface area contributed by atoms with Gasteiger partial charge in [0.1, 0.15) is 6.54 Å². The maximum absolute atomic E-state index is 13.1. The third-order valence-electron chi connectivity index (χ3n) is 5.89. The summed E-state index contributed by atoms with van der Waals surface area (Å²) < 4.78 is 30.4. The van der Waals surface area contributed by atoms with Gasteiger partial charge in [0.2, 0.25) is 15.9 Å². The molecule has 2 N–H and O–H groups in total. The molecule has 1 aromatic heterocycles. The Labute approximate surface area is 176 Å². The third-order valence-corrected chi connectivity index (χ3v) is 7.47. The van der Waals surface area contributed by atoms with Gasteiger partial charge in [-0.2, -0.15) is 0 Å². The molecule has 2 saturated carbocycles. The van der Waals surface area contributed by atoms with E-state index in [4.69, 9.17) is 0 Å². The van der Waals surface area contributed by atoms with Crippen molar-refractivity contribution in [2.75, 3.05) is 0 Å². The Kier molecular flexibility index (Phi) is 6.43. The van der Waals surface area contributed by atoms with Crippen LogP contribution in [0.4, 0.5) is 0 Å². The molecule has 0 unspecified atom stereocenters. The zero-order valence-corrected chi connectivity index (χ0v) is 17.8. The molecule has 0 radical (unpaired) electrons. The van der Waals surface area contributed by atoms with Gasteiger partial charge in [-0.25, -0.2) is 17.8 Å². The number of aromatic nitrogens is 4. The first-order chi connectivity index (χ1) is 14.5. The number of carbonyl (C=O) groups is 1. The Balaban J connectivity index is 1.55. The number of nitrogens with one attached hydrogen (secondary N) is 2. The Bertz CT molecular complexity index is 978. The molecule has 10 heteroatoms. The Morgan fingerprint density at radius 3 is 2.43 bits per heavy atom. The van der Waals surface area contributed by atoms with Crippen molar-refractivity contribution in [1.29, 1.82) is 0 Å². The van der Waals surface area contributed by atoms with Crippen LogP contribution in [-0.4, -0.2) is 46.6 Å². The number of carbonyl (C=O) groups excluding carboxylic acids is 1. The Hall–Kier alpha value is -2.33. The molecule has 2 aliphatic carbocycles. The first-order valence-corrected chi connectivity index (χ1v) is 12.2. The molecule has 9 nitrogen and oxygen atoms in total. The molecule has 1 amide bonds. The Morgan fingerprint density at radius 2 is 1.67 bits per heavy atom. The molecule has 0 bridgehead atoms. The van der Waals surface area contributed by atoms with Gasteiger partial charge in [-0.3, -0.25) is 4.79 Å². The van der Waals surface area contributed by atoms with Crippen LogP contribution in [0.1, 0.15) is 57.8 Å². The van der Waals surface area contributed by atoms with Crippen LogP contribution in [0.5, 0.6) is 0 Å². The predicted molar refractivity (Wildman–Crippen MR) is 111 cm³/mol. The largest absolute Gasteiger partial charge is 0.352 e. The van der Waals surface area contributed by atoms with E-state index in [9.17, 15) is 13.2 Å². The van der Waals surface area contributed by atoms with Crippen molar-refractivity contribution in [3.63, 3.8) is 0 Å². The average molecular weight is 433 g/mol. The van der Waals surface area contributed by atoms with Gasteiger partial charge in [0.15, 0.2) is 5.82 Å². The second-order valence-electron chi connectivity index (χ2n) is 8.16. The van der Waals surface area contributed by atoms with E-state index in [1.54, 1.807) is 24.3 Å². The first kappa shape index (κ1) is 20.9. The van der Waals surface area contributed by atoms with Crippen LogP contribution >= 0.6 is 0 Å². The minimum atomic E-state index is -3.74. The smallest absolute Gasteiger partial charge is 0.242 e. The molecule has 0 spiro atoms. The van der Waals surface area contributed by atoms with Crippen molar-refractivity contribution >= 4 is 15.9 Å². The van der Waals surface area contributed by atoms with E-state index in [1.807, 2.05) is 0 Å². The average Bonchev–Trinajstić information content (AvgIpc) is 3.40. The third kappa shape index (κ3) is 4.86. The Morgan fingerprint density at radius 1 is 1.00 bits per heavy atom. The number of hydrogen-bond donors (Lipinski definition) is 2. The summed E-state index contributed by atoms with van der Waals surface area (Å²) in [6.07, 6.45) is 9.13. The van der Waals surface area contributed by atoms with Crippen LogP contribution in [0.15, 0.2) is 29.2 Å². The molecule has 2 fully saturated rings. The van der Waals surface area contributed by atoms with E-state index in [2.05, 4.69) is 25.6 Å². The van der Waals surface area contributed by atoms with E-state index in [1.165, 1.54) is 4.68 Å². The number of amides is 1. The topological polar surface area (TPSA) is 119 Å². The summed E-state index contributed by atoms with van der Waals surface area (Å²) in [5.41, 5.74) is 0.388.